The molecular weight excluding hydrogens is 444 g/mol. The van der Waals surface area contributed by atoms with E-state index in [1.54, 1.807) is 30.5 Å². The van der Waals surface area contributed by atoms with Gasteiger partial charge in [0, 0.05) is 27.8 Å². The average molecular weight is 463 g/mol. The molecule has 160 valence electrons. The lowest BCUT2D eigenvalue weighted by atomic mass is 10.2. The molecule has 2 aromatic heterocycles. The molecule has 8 heteroatoms. The smallest absolute Gasteiger partial charge is 0.191 e. The monoisotopic (exact) mass is 462 g/mol. The highest BCUT2D eigenvalue weighted by Gasteiger charge is 2.18. The molecule has 6 nitrogen and oxygen atoms in total. The maximum Gasteiger partial charge on any atom is 0.191 e. The Hall–Kier alpha value is -3.29. The summed E-state index contributed by atoms with van der Waals surface area (Å²) in [7, 11) is 3.23. The van der Waals surface area contributed by atoms with Gasteiger partial charge in [-0.05, 0) is 23.8 Å². The summed E-state index contributed by atoms with van der Waals surface area (Å²) in [6, 6.07) is 21.5. The van der Waals surface area contributed by atoms with Gasteiger partial charge >= 0.3 is 0 Å². The molecule has 5 rings (SSSR count). The molecule has 2 heterocycles. The van der Waals surface area contributed by atoms with E-state index in [0.29, 0.717) is 33.7 Å². The Morgan fingerprint density at radius 1 is 0.906 bits per heavy atom. The number of hydrogen-bond acceptors (Lipinski definition) is 6. The van der Waals surface area contributed by atoms with E-state index in [1.165, 1.54) is 0 Å². The van der Waals surface area contributed by atoms with Crippen molar-refractivity contribution in [1.82, 2.24) is 19.6 Å². The van der Waals surface area contributed by atoms with Gasteiger partial charge in [0.25, 0.3) is 0 Å². The molecule has 0 N–H and O–H groups in total. The lowest BCUT2D eigenvalue weighted by Crippen LogP contribution is -2.00. The lowest BCUT2D eigenvalue weighted by molar-refractivity contribution is 0.355. The van der Waals surface area contributed by atoms with E-state index in [4.69, 9.17) is 36.1 Å². The molecule has 0 atom stereocenters. The number of aromatic nitrogens is 4. The minimum absolute atomic E-state index is 0.616. The Balaban J connectivity index is 1.68. The zero-order valence-corrected chi connectivity index (χ0v) is 19.0. The predicted octanol–water partition coefficient (Wildman–Crippen LogP) is 5.91. The Morgan fingerprint density at radius 3 is 2.44 bits per heavy atom. The van der Waals surface area contributed by atoms with Crippen LogP contribution in [0.2, 0.25) is 5.02 Å². The van der Waals surface area contributed by atoms with Crippen LogP contribution in [0, 0.1) is 0 Å². The van der Waals surface area contributed by atoms with Crippen LogP contribution in [-0.4, -0.2) is 33.8 Å². The molecule has 0 aliphatic carbocycles. The zero-order valence-electron chi connectivity index (χ0n) is 17.4. The minimum Gasteiger partial charge on any atom is -0.493 e. The van der Waals surface area contributed by atoms with Crippen LogP contribution in [0.25, 0.3) is 27.9 Å². The third-order valence-electron chi connectivity index (χ3n) is 5.04. The SMILES string of the molecule is COc1cc2nc(SCc3cccc(Cl)c3)n3nc(-c4ccccc4)nc3c2cc1OC. The van der Waals surface area contributed by atoms with Crippen molar-refractivity contribution in [2.75, 3.05) is 14.2 Å². The average Bonchev–Trinajstić information content (AvgIpc) is 3.28. The second-order valence-corrected chi connectivity index (χ2v) is 8.45. The zero-order chi connectivity index (χ0) is 22.1. The highest BCUT2D eigenvalue weighted by atomic mass is 35.5. The van der Waals surface area contributed by atoms with Gasteiger partial charge in [-0.1, -0.05) is 65.8 Å². The van der Waals surface area contributed by atoms with Crippen molar-refractivity contribution in [3.8, 4) is 22.9 Å². The van der Waals surface area contributed by atoms with Crippen LogP contribution >= 0.6 is 23.4 Å². The first kappa shape index (κ1) is 20.6. The second kappa shape index (κ2) is 8.68. The number of thioether (sulfide) groups is 1. The predicted molar refractivity (Wildman–Crippen MR) is 128 cm³/mol. The van der Waals surface area contributed by atoms with Crippen molar-refractivity contribution in [2.45, 2.75) is 10.9 Å². The van der Waals surface area contributed by atoms with Crippen molar-refractivity contribution in [3.05, 3.63) is 77.3 Å². The van der Waals surface area contributed by atoms with Gasteiger partial charge < -0.3 is 9.47 Å². The molecule has 0 saturated heterocycles. The Bertz CT molecular complexity index is 1420. The number of methoxy groups -OCH3 is 2. The molecule has 0 fully saturated rings. The molecule has 0 saturated carbocycles. The van der Waals surface area contributed by atoms with Crippen LogP contribution in [0.4, 0.5) is 0 Å². The van der Waals surface area contributed by atoms with Crippen molar-refractivity contribution >= 4 is 39.9 Å². The molecule has 0 aliphatic heterocycles. The summed E-state index contributed by atoms with van der Waals surface area (Å²) in [6.45, 7) is 0. The summed E-state index contributed by atoms with van der Waals surface area (Å²) < 4.78 is 12.8. The van der Waals surface area contributed by atoms with E-state index in [9.17, 15) is 0 Å². The topological polar surface area (TPSA) is 61.5 Å². The molecule has 0 aliphatic rings. The first-order valence-corrected chi connectivity index (χ1v) is 11.3. The highest BCUT2D eigenvalue weighted by molar-refractivity contribution is 7.98. The largest absolute Gasteiger partial charge is 0.493 e. The van der Waals surface area contributed by atoms with Crippen LogP contribution in [0.15, 0.2) is 71.9 Å². The van der Waals surface area contributed by atoms with Gasteiger partial charge in [0.05, 0.1) is 19.7 Å². The third kappa shape index (κ3) is 3.85. The van der Waals surface area contributed by atoms with Gasteiger partial charge in [0.2, 0.25) is 0 Å². The van der Waals surface area contributed by atoms with Crippen LogP contribution < -0.4 is 9.47 Å². The maximum absolute atomic E-state index is 6.15. The Kier molecular flexibility index (Phi) is 5.59. The Labute approximate surface area is 194 Å². The number of halogens is 1. The molecular formula is C24H19ClN4O2S. The van der Waals surface area contributed by atoms with Crippen molar-refractivity contribution < 1.29 is 9.47 Å². The summed E-state index contributed by atoms with van der Waals surface area (Å²) in [4.78, 5) is 9.74. The van der Waals surface area contributed by atoms with E-state index in [0.717, 1.165) is 27.2 Å². The molecule has 0 unspecified atom stereocenters. The van der Waals surface area contributed by atoms with Gasteiger partial charge in [-0.2, -0.15) is 4.52 Å². The van der Waals surface area contributed by atoms with E-state index in [1.807, 2.05) is 66.7 Å². The Morgan fingerprint density at radius 2 is 1.69 bits per heavy atom. The maximum atomic E-state index is 6.15. The molecule has 0 spiro atoms. The third-order valence-corrected chi connectivity index (χ3v) is 6.27. The fourth-order valence-electron chi connectivity index (χ4n) is 3.49. The number of nitrogens with zero attached hydrogens (tertiary/aromatic N) is 4. The standard InChI is InChI=1S/C24H19ClN4O2S/c1-30-20-12-18-19(13-21(20)31-2)26-24(32-14-15-7-6-10-17(25)11-15)29-23(18)27-22(28-29)16-8-4-3-5-9-16/h3-13H,14H2,1-2H3. The fraction of sp³-hybridized carbons (Fsp3) is 0.125. The molecule has 5 aromatic rings. The minimum atomic E-state index is 0.616. The number of rotatable bonds is 6. The van der Waals surface area contributed by atoms with Crippen molar-refractivity contribution in [2.24, 2.45) is 0 Å². The van der Waals surface area contributed by atoms with Crippen molar-refractivity contribution in [3.63, 3.8) is 0 Å². The molecule has 0 radical (unpaired) electrons. The van der Waals surface area contributed by atoms with Crippen LogP contribution in [0.1, 0.15) is 5.56 Å². The second-order valence-electron chi connectivity index (χ2n) is 7.07. The number of fused-ring (bicyclic) bond motifs is 3. The highest BCUT2D eigenvalue weighted by Crippen LogP contribution is 2.35. The van der Waals surface area contributed by atoms with E-state index in [2.05, 4.69) is 0 Å². The van der Waals surface area contributed by atoms with E-state index >= 15 is 0 Å². The summed E-state index contributed by atoms with van der Waals surface area (Å²) in [5.41, 5.74) is 3.52. The van der Waals surface area contributed by atoms with Gasteiger partial charge in [-0.15, -0.1) is 5.10 Å². The fourth-order valence-corrected chi connectivity index (χ4v) is 4.59. The van der Waals surface area contributed by atoms with Gasteiger partial charge in [0.15, 0.2) is 28.1 Å². The molecule has 0 amide bonds. The van der Waals surface area contributed by atoms with Gasteiger partial charge in [0.1, 0.15) is 0 Å². The number of hydrogen-bond donors (Lipinski definition) is 0. The first-order valence-electron chi connectivity index (χ1n) is 9.91. The normalized spacial score (nSPS) is 11.2. The van der Waals surface area contributed by atoms with Crippen LogP contribution in [-0.2, 0) is 5.75 Å². The van der Waals surface area contributed by atoms with Crippen LogP contribution in [0.3, 0.4) is 0 Å². The molecule has 32 heavy (non-hydrogen) atoms. The van der Waals surface area contributed by atoms with E-state index in [-0.39, 0.29) is 0 Å². The molecule has 0 bridgehead atoms. The summed E-state index contributed by atoms with van der Waals surface area (Å²) in [5.74, 6) is 2.57. The van der Waals surface area contributed by atoms with Gasteiger partial charge in [-0.3, -0.25) is 0 Å². The lowest BCUT2D eigenvalue weighted by Gasteiger charge is -2.11. The van der Waals surface area contributed by atoms with Gasteiger partial charge in [-0.25, -0.2) is 9.97 Å². The summed E-state index contributed by atoms with van der Waals surface area (Å²) in [5, 5.41) is 7.07. The summed E-state index contributed by atoms with van der Waals surface area (Å²) in [6.07, 6.45) is 0. The first-order chi connectivity index (χ1) is 15.7. The van der Waals surface area contributed by atoms with Crippen LogP contribution in [0.5, 0.6) is 11.5 Å². The summed E-state index contributed by atoms with van der Waals surface area (Å²) >= 11 is 7.73. The number of ether oxygens (including phenoxy) is 2. The molecule has 3 aromatic carbocycles. The van der Waals surface area contributed by atoms with Crippen molar-refractivity contribution in [1.29, 1.82) is 0 Å². The van der Waals surface area contributed by atoms with E-state index < -0.39 is 0 Å². The number of benzene rings is 3. The quantitative estimate of drug-likeness (QED) is 0.231.